The summed E-state index contributed by atoms with van der Waals surface area (Å²) in [6.45, 7) is 5.84. The van der Waals surface area contributed by atoms with Gasteiger partial charge in [0.25, 0.3) is 0 Å². The van der Waals surface area contributed by atoms with Crippen LogP contribution in [-0.4, -0.2) is 12.6 Å². The molecule has 2 atom stereocenters. The molecule has 0 aliphatic heterocycles. The number of rotatable bonds is 8. The lowest BCUT2D eigenvalue weighted by Crippen LogP contribution is -2.24. The van der Waals surface area contributed by atoms with Crippen LogP contribution in [0.15, 0.2) is 30.3 Å². The first-order chi connectivity index (χ1) is 8.79. The second kappa shape index (κ2) is 6.94. The van der Waals surface area contributed by atoms with Crippen LogP contribution < -0.4 is 5.32 Å². The largest absolute Gasteiger partial charge is 0.313 e. The average molecular weight is 245 g/mol. The Kier molecular flexibility index (Phi) is 5.25. The molecule has 0 saturated heterocycles. The summed E-state index contributed by atoms with van der Waals surface area (Å²) in [6.07, 6.45) is 6.74. The van der Waals surface area contributed by atoms with Crippen LogP contribution in [0.3, 0.4) is 0 Å². The Morgan fingerprint density at radius 1 is 1.22 bits per heavy atom. The van der Waals surface area contributed by atoms with E-state index in [2.05, 4.69) is 49.5 Å². The fraction of sp³-hybridized carbons (Fsp3) is 0.647. The van der Waals surface area contributed by atoms with Gasteiger partial charge in [-0.2, -0.15) is 0 Å². The molecule has 1 N–H and O–H groups in total. The molecule has 0 spiro atoms. The third-order valence-corrected chi connectivity index (χ3v) is 3.97. The number of hydrogen-bond donors (Lipinski definition) is 1. The maximum absolute atomic E-state index is 3.70. The van der Waals surface area contributed by atoms with Crippen molar-refractivity contribution in [2.45, 2.75) is 57.9 Å². The quantitative estimate of drug-likeness (QED) is 0.718. The predicted octanol–water partition coefficient (Wildman–Crippen LogP) is 4.35. The van der Waals surface area contributed by atoms with E-state index >= 15 is 0 Å². The van der Waals surface area contributed by atoms with E-state index < -0.39 is 0 Å². The average Bonchev–Trinajstić information content (AvgIpc) is 3.20. The van der Waals surface area contributed by atoms with E-state index in [0.29, 0.717) is 5.92 Å². The minimum atomic E-state index is 0.688. The Morgan fingerprint density at radius 2 is 1.94 bits per heavy atom. The summed E-state index contributed by atoms with van der Waals surface area (Å²) in [5.74, 6) is 1.52. The molecule has 0 bridgehead atoms. The Hall–Kier alpha value is -0.820. The summed E-state index contributed by atoms with van der Waals surface area (Å²) in [5, 5.41) is 3.70. The molecule has 100 valence electrons. The van der Waals surface area contributed by atoms with E-state index in [1.165, 1.54) is 37.7 Å². The van der Waals surface area contributed by atoms with Crippen molar-refractivity contribution < 1.29 is 0 Å². The number of nitrogens with one attached hydrogen (secondary N) is 1. The molecule has 0 heterocycles. The van der Waals surface area contributed by atoms with Gasteiger partial charge in [0.05, 0.1) is 0 Å². The Labute approximate surface area is 112 Å². The van der Waals surface area contributed by atoms with Crippen molar-refractivity contribution in [1.29, 1.82) is 0 Å². The first-order valence-corrected chi connectivity index (χ1v) is 7.58. The zero-order valence-corrected chi connectivity index (χ0v) is 11.9. The zero-order valence-electron chi connectivity index (χ0n) is 11.9. The van der Waals surface area contributed by atoms with Gasteiger partial charge in [-0.25, -0.2) is 0 Å². The molecular weight excluding hydrogens is 218 g/mol. The van der Waals surface area contributed by atoms with Gasteiger partial charge >= 0.3 is 0 Å². The Bertz CT molecular complexity index is 329. The molecule has 2 rings (SSSR count). The van der Waals surface area contributed by atoms with Crippen LogP contribution in [0.1, 0.15) is 57.4 Å². The van der Waals surface area contributed by atoms with Crippen molar-refractivity contribution in [3.63, 3.8) is 0 Å². The van der Waals surface area contributed by atoms with Crippen LogP contribution in [0.25, 0.3) is 0 Å². The third-order valence-electron chi connectivity index (χ3n) is 3.97. The molecule has 2 unspecified atom stereocenters. The number of benzene rings is 1. The highest BCUT2D eigenvalue weighted by atomic mass is 14.9. The summed E-state index contributed by atoms with van der Waals surface area (Å²) in [6, 6.07) is 11.9. The lowest BCUT2D eigenvalue weighted by atomic mass is 9.87. The van der Waals surface area contributed by atoms with E-state index in [-0.39, 0.29) is 0 Å². The van der Waals surface area contributed by atoms with Crippen molar-refractivity contribution in [3.05, 3.63) is 35.9 Å². The Balaban J connectivity index is 1.92. The molecule has 1 aromatic carbocycles. The lowest BCUT2D eigenvalue weighted by Gasteiger charge is -2.22. The maximum Gasteiger partial charge on any atom is 0.00684 e. The summed E-state index contributed by atoms with van der Waals surface area (Å²) < 4.78 is 0. The minimum Gasteiger partial charge on any atom is -0.313 e. The zero-order chi connectivity index (χ0) is 12.8. The standard InChI is InChI=1S/C17H27N/c1-3-7-14(2)12-16(13-18-17-10-11-17)15-8-5-4-6-9-15/h4-6,8-9,14,16-18H,3,7,10-13H2,1-2H3. The van der Waals surface area contributed by atoms with Gasteiger partial charge in [-0.05, 0) is 36.7 Å². The van der Waals surface area contributed by atoms with Gasteiger partial charge < -0.3 is 5.32 Å². The minimum absolute atomic E-state index is 0.688. The van der Waals surface area contributed by atoms with Gasteiger partial charge in [-0.15, -0.1) is 0 Å². The molecular formula is C17H27N. The van der Waals surface area contributed by atoms with Crippen molar-refractivity contribution >= 4 is 0 Å². The second-order valence-electron chi connectivity index (χ2n) is 5.92. The lowest BCUT2D eigenvalue weighted by molar-refractivity contribution is 0.419. The van der Waals surface area contributed by atoms with Gasteiger partial charge in [-0.3, -0.25) is 0 Å². The summed E-state index contributed by atoms with van der Waals surface area (Å²) in [4.78, 5) is 0. The molecule has 18 heavy (non-hydrogen) atoms. The van der Waals surface area contributed by atoms with E-state index in [1.54, 1.807) is 0 Å². The van der Waals surface area contributed by atoms with Crippen molar-refractivity contribution in [2.24, 2.45) is 5.92 Å². The van der Waals surface area contributed by atoms with Crippen molar-refractivity contribution in [1.82, 2.24) is 5.32 Å². The molecule has 1 saturated carbocycles. The molecule has 1 aromatic rings. The smallest absolute Gasteiger partial charge is 0.00684 e. The molecule has 1 heteroatoms. The van der Waals surface area contributed by atoms with Crippen molar-refractivity contribution in [3.8, 4) is 0 Å². The van der Waals surface area contributed by atoms with Crippen LogP contribution >= 0.6 is 0 Å². The maximum atomic E-state index is 3.70. The number of hydrogen-bond acceptors (Lipinski definition) is 1. The van der Waals surface area contributed by atoms with Crippen LogP contribution in [-0.2, 0) is 0 Å². The van der Waals surface area contributed by atoms with Gasteiger partial charge in [0.2, 0.25) is 0 Å². The van der Waals surface area contributed by atoms with E-state index in [0.717, 1.165) is 18.5 Å². The highest BCUT2D eigenvalue weighted by Crippen LogP contribution is 2.27. The summed E-state index contributed by atoms with van der Waals surface area (Å²) in [7, 11) is 0. The Morgan fingerprint density at radius 3 is 2.56 bits per heavy atom. The summed E-state index contributed by atoms with van der Waals surface area (Å²) in [5.41, 5.74) is 1.51. The topological polar surface area (TPSA) is 12.0 Å². The van der Waals surface area contributed by atoms with Crippen molar-refractivity contribution in [2.75, 3.05) is 6.54 Å². The van der Waals surface area contributed by atoms with Crippen LogP contribution in [0.5, 0.6) is 0 Å². The normalized spacial score (nSPS) is 18.6. The van der Waals surface area contributed by atoms with Gasteiger partial charge in [0.15, 0.2) is 0 Å². The molecule has 1 fully saturated rings. The first-order valence-electron chi connectivity index (χ1n) is 7.58. The molecule has 0 amide bonds. The van der Waals surface area contributed by atoms with E-state index in [9.17, 15) is 0 Å². The predicted molar refractivity (Wildman–Crippen MR) is 78.9 cm³/mol. The molecule has 1 aliphatic rings. The van der Waals surface area contributed by atoms with Crippen LogP contribution in [0.4, 0.5) is 0 Å². The fourth-order valence-electron chi connectivity index (χ4n) is 2.76. The van der Waals surface area contributed by atoms with Gasteiger partial charge in [0.1, 0.15) is 0 Å². The van der Waals surface area contributed by atoms with Gasteiger partial charge in [0, 0.05) is 12.6 Å². The van der Waals surface area contributed by atoms with E-state index in [4.69, 9.17) is 0 Å². The first kappa shape index (κ1) is 13.6. The summed E-state index contributed by atoms with van der Waals surface area (Å²) >= 11 is 0. The molecule has 1 aliphatic carbocycles. The third kappa shape index (κ3) is 4.45. The highest BCUT2D eigenvalue weighted by molar-refractivity contribution is 5.20. The SMILES string of the molecule is CCCC(C)CC(CNC1CC1)c1ccccc1. The molecule has 0 aromatic heterocycles. The van der Waals surface area contributed by atoms with Crippen LogP contribution in [0, 0.1) is 5.92 Å². The second-order valence-corrected chi connectivity index (χ2v) is 5.92. The fourth-order valence-corrected chi connectivity index (χ4v) is 2.76. The monoisotopic (exact) mass is 245 g/mol. The van der Waals surface area contributed by atoms with Gasteiger partial charge in [-0.1, -0.05) is 57.0 Å². The highest BCUT2D eigenvalue weighted by Gasteiger charge is 2.23. The van der Waals surface area contributed by atoms with Crippen LogP contribution in [0.2, 0.25) is 0 Å². The molecule has 1 nitrogen and oxygen atoms in total. The van der Waals surface area contributed by atoms with E-state index in [1.807, 2.05) is 0 Å². The molecule has 0 radical (unpaired) electrons.